The fourth-order valence-corrected chi connectivity index (χ4v) is 4.76. The molecule has 182 valence electrons. The van der Waals surface area contributed by atoms with Gasteiger partial charge in [0.2, 0.25) is 0 Å². The van der Waals surface area contributed by atoms with Crippen LogP contribution in [0, 0.1) is 0 Å². The Labute approximate surface area is 213 Å². The molecular formula is C31H33N5. The Morgan fingerprint density at radius 2 is 1.50 bits per heavy atom. The standard InChI is InChI=1S/C31H33N5/c1-35-23-27(30-13-2-3-14-31(30)35)24-36(18-15-28-11-4-6-16-33-28)22-26-10-8-9-25(19-26)20-32-21-29-12-5-7-17-34-29/h2-14,16-17,19,23,32H,15,18,20-22,24H2,1H3. The van der Waals surface area contributed by atoms with E-state index in [2.05, 4.69) is 105 Å². The van der Waals surface area contributed by atoms with E-state index in [0.717, 1.165) is 50.5 Å². The van der Waals surface area contributed by atoms with Crippen LogP contribution < -0.4 is 5.32 Å². The molecule has 5 aromatic rings. The molecule has 5 nitrogen and oxygen atoms in total. The Morgan fingerprint density at radius 3 is 2.31 bits per heavy atom. The Balaban J connectivity index is 1.29. The number of pyridine rings is 2. The minimum Gasteiger partial charge on any atom is -0.350 e. The highest BCUT2D eigenvalue weighted by Gasteiger charge is 2.13. The van der Waals surface area contributed by atoms with E-state index < -0.39 is 0 Å². The second-order valence-corrected chi connectivity index (χ2v) is 9.31. The predicted molar refractivity (Wildman–Crippen MR) is 146 cm³/mol. The number of hydrogen-bond donors (Lipinski definition) is 1. The summed E-state index contributed by atoms with van der Waals surface area (Å²) in [7, 11) is 2.13. The van der Waals surface area contributed by atoms with E-state index in [4.69, 9.17) is 0 Å². The normalized spacial score (nSPS) is 11.4. The summed E-state index contributed by atoms with van der Waals surface area (Å²) >= 11 is 0. The number of nitrogens with zero attached hydrogens (tertiary/aromatic N) is 4. The number of rotatable bonds is 11. The van der Waals surface area contributed by atoms with Gasteiger partial charge in [0.1, 0.15) is 0 Å². The van der Waals surface area contributed by atoms with Gasteiger partial charge < -0.3 is 9.88 Å². The average Bonchev–Trinajstić information content (AvgIpc) is 3.24. The van der Waals surface area contributed by atoms with Crippen molar-refractivity contribution < 1.29 is 0 Å². The number of hydrogen-bond acceptors (Lipinski definition) is 4. The van der Waals surface area contributed by atoms with Crippen molar-refractivity contribution in [3.63, 3.8) is 0 Å². The lowest BCUT2D eigenvalue weighted by molar-refractivity contribution is 0.260. The lowest BCUT2D eigenvalue weighted by Gasteiger charge is -2.22. The molecule has 0 bridgehead atoms. The third-order valence-corrected chi connectivity index (χ3v) is 6.54. The summed E-state index contributed by atoms with van der Waals surface area (Å²) in [6.07, 6.45) is 6.92. The van der Waals surface area contributed by atoms with Crippen LogP contribution in [0.15, 0.2) is 104 Å². The maximum atomic E-state index is 4.55. The van der Waals surface area contributed by atoms with Gasteiger partial charge in [-0.25, -0.2) is 0 Å². The van der Waals surface area contributed by atoms with Crippen molar-refractivity contribution in [2.24, 2.45) is 7.05 Å². The van der Waals surface area contributed by atoms with E-state index >= 15 is 0 Å². The van der Waals surface area contributed by atoms with Gasteiger partial charge in [-0.2, -0.15) is 0 Å². The van der Waals surface area contributed by atoms with Crippen LogP contribution in [0.2, 0.25) is 0 Å². The van der Waals surface area contributed by atoms with Crippen LogP contribution in [0.25, 0.3) is 10.9 Å². The summed E-state index contributed by atoms with van der Waals surface area (Å²) in [5, 5.41) is 4.85. The molecule has 5 heteroatoms. The maximum absolute atomic E-state index is 4.55. The van der Waals surface area contributed by atoms with E-state index in [0.29, 0.717) is 0 Å². The van der Waals surface area contributed by atoms with E-state index in [1.807, 2.05) is 30.6 Å². The van der Waals surface area contributed by atoms with Crippen molar-refractivity contribution >= 4 is 10.9 Å². The number of aryl methyl sites for hydroxylation is 1. The van der Waals surface area contributed by atoms with Gasteiger partial charge in [-0.15, -0.1) is 0 Å². The Morgan fingerprint density at radius 1 is 0.750 bits per heavy atom. The molecule has 0 spiro atoms. The third-order valence-electron chi connectivity index (χ3n) is 6.54. The minimum atomic E-state index is 0.766. The number of para-hydroxylation sites is 1. The molecule has 0 fully saturated rings. The van der Waals surface area contributed by atoms with Gasteiger partial charge in [-0.1, -0.05) is 54.6 Å². The van der Waals surface area contributed by atoms with Crippen LogP contribution in [0.3, 0.4) is 0 Å². The molecule has 0 saturated carbocycles. The summed E-state index contributed by atoms with van der Waals surface area (Å²) in [5.74, 6) is 0. The Hall–Kier alpha value is -3.80. The summed E-state index contributed by atoms with van der Waals surface area (Å²) in [4.78, 5) is 11.5. The number of benzene rings is 2. The van der Waals surface area contributed by atoms with Crippen LogP contribution in [0.4, 0.5) is 0 Å². The molecule has 1 N–H and O–H groups in total. The van der Waals surface area contributed by atoms with E-state index in [-0.39, 0.29) is 0 Å². The highest BCUT2D eigenvalue weighted by Crippen LogP contribution is 2.23. The highest BCUT2D eigenvalue weighted by molar-refractivity contribution is 5.83. The van der Waals surface area contributed by atoms with Crippen molar-refractivity contribution in [1.29, 1.82) is 0 Å². The molecule has 0 unspecified atom stereocenters. The summed E-state index contributed by atoms with van der Waals surface area (Å²) in [5.41, 5.74) is 7.45. The first-order valence-corrected chi connectivity index (χ1v) is 12.6. The fraction of sp³-hybridized carbons (Fsp3) is 0.226. The SMILES string of the molecule is Cn1cc(CN(CCc2ccccn2)Cc2cccc(CNCc3ccccn3)c2)c2ccccc21. The van der Waals surface area contributed by atoms with Crippen LogP contribution in [0.1, 0.15) is 28.1 Å². The van der Waals surface area contributed by atoms with Crippen molar-refractivity contribution in [3.05, 3.63) is 132 Å². The number of nitrogens with one attached hydrogen (secondary N) is 1. The van der Waals surface area contributed by atoms with Crippen molar-refractivity contribution in [3.8, 4) is 0 Å². The first-order valence-electron chi connectivity index (χ1n) is 12.6. The van der Waals surface area contributed by atoms with Crippen LogP contribution >= 0.6 is 0 Å². The van der Waals surface area contributed by atoms with Gasteiger partial charge in [-0.05, 0) is 47.0 Å². The van der Waals surface area contributed by atoms with Gasteiger partial charge in [0.05, 0.1) is 5.69 Å². The van der Waals surface area contributed by atoms with Gasteiger partial charge in [0.25, 0.3) is 0 Å². The quantitative estimate of drug-likeness (QED) is 0.274. The second kappa shape index (κ2) is 11.8. The van der Waals surface area contributed by atoms with E-state index in [1.165, 1.54) is 27.6 Å². The first kappa shape index (κ1) is 23.9. The molecule has 0 saturated heterocycles. The molecular weight excluding hydrogens is 442 g/mol. The molecule has 0 amide bonds. The lowest BCUT2D eigenvalue weighted by atomic mass is 10.1. The monoisotopic (exact) mass is 475 g/mol. The largest absolute Gasteiger partial charge is 0.350 e. The molecule has 0 atom stereocenters. The Bertz CT molecular complexity index is 1380. The molecule has 0 aliphatic carbocycles. The molecule has 3 aromatic heterocycles. The zero-order valence-electron chi connectivity index (χ0n) is 20.8. The molecule has 0 aliphatic heterocycles. The fourth-order valence-electron chi connectivity index (χ4n) is 4.76. The van der Waals surface area contributed by atoms with E-state index in [1.54, 1.807) is 0 Å². The highest BCUT2D eigenvalue weighted by atomic mass is 15.1. The van der Waals surface area contributed by atoms with Crippen molar-refractivity contribution in [1.82, 2.24) is 24.8 Å². The first-order chi connectivity index (χ1) is 17.7. The van der Waals surface area contributed by atoms with Crippen LogP contribution in [-0.2, 0) is 39.6 Å². The molecule has 5 rings (SSSR count). The van der Waals surface area contributed by atoms with Gasteiger partial charge >= 0.3 is 0 Å². The molecule has 36 heavy (non-hydrogen) atoms. The molecule has 0 aliphatic rings. The third kappa shape index (κ3) is 6.25. The smallest absolute Gasteiger partial charge is 0.0541 e. The minimum absolute atomic E-state index is 0.766. The zero-order valence-corrected chi connectivity index (χ0v) is 20.8. The lowest BCUT2D eigenvalue weighted by Crippen LogP contribution is -2.25. The Kier molecular flexibility index (Phi) is 7.81. The van der Waals surface area contributed by atoms with Crippen LogP contribution in [0.5, 0.6) is 0 Å². The zero-order chi connectivity index (χ0) is 24.6. The summed E-state index contributed by atoms with van der Waals surface area (Å²) in [6, 6.07) is 29.8. The molecule has 3 heterocycles. The van der Waals surface area contributed by atoms with Gasteiger partial charge in [0.15, 0.2) is 0 Å². The van der Waals surface area contributed by atoms with E-state index in [9.17, 15) is 0 Å². The number of aromatic nitrogens is 3. The second-order valence-electron chi connectivity index (χ2n) is 9.31. The van der Waals surface area contributed by atoms with Crippen molar-refractivity contribution in [2.45, 2.75) is 32.6 Å². The average molecular weight is 476 g/mol. The van der Waals surface area contributed by atoms with Crippen LogP contribution in [-0.4, -0.2) is 26.0 Å². The van der Waals surface area contributed by atoms with Gasteiger partial charge in [0, 0.05) is 81.4 Å². The summed E-state index contributed by atoms with van der Waals surface area (Å²) in [6.45, 7) is 4.33. The molecule has 0 radical (unpaired) electrons. The van der Waals surface area contributed by atoms with Gasteiger partial charge in [-0.3, -0.25) is 14.9 Å². The topological polar surface area (TPSA) is 46.0 Å². The summed E-state index contributed by atoms with van der Waals surface area (Å²) < 4.78 is 2.23. The number of fused-ring (bicyclic) bond motifs is 1. The predicted octanol–water partition coefficient (Wildman–Crippen LogP) is 5.50. The van der Waals surface area contributed by atoms with Crippen molar-refractivity contribution in [2.75, 3.05) is 6.54 Å². The maximum Gasteiger partial charge on any atom is 0.0541 e. The molecule has 2 aromatic carbocycles.